The number of hydrogen-bond acceptors (Lipinski definition) is 5. The standard InChI is InChI=1S/C23H31N3O4/c1-13(2)29-23(28)20-16(5)21(24-17(20)6)22(27)25-18-7-9-19(10-8-18)26-11-14(3)30-15(4)12-26/h7-10,13-15,24H,11-12H2,1-6H3,(H,25,27). The summed E-state index contributed by atoms with van der Waals surface area (Å²) in [5.41, 5.74) is 3.78. The van der Waals surface area contributed by atoms with Crippen LogP contribution < -0.4 is 10.2 Å². The third-order valence-corrected chi connectivity index (χ3v) is 5.12. The van der Waals surface area contributed by atoms with Gasteiger partial charge in [-0.05, 0) is 71.4 Å². The fraction of sp³-hybridized carbons (Fsp3) is 0.478. The summed E-state index contributed by atoms with van der Waals surface area (Å²) in [6.45, 7) is 12.9. The molecule has 2 aromatic rings. The zero-order valence-electron chi connectivity index (χ0n) is 18.5. The lowest BCUT2D eigenvalue weighted by molar-refractivity contribution is -0.00522. The SMILES string of the molecule is Cc1[nH]c(C(=O)Nc2ccc(N3CC(C)OC(C)C3)cc2)c(C)c1C(=O)OC(C)C. The molecule has 162 valence electrons. The molecule has 1 aliphatic rings. The third-order valence-electron chi connectivity index (χ3n) is 5.12. The van der Waals surface area contributed by atoms with Crippen molar-refractivity contribution in [3.63, 3.8) is 0 Å². The van der Waals surface area contributed by atoms with Crippen LogP contribution in [0.25, 0.3) is 0 Å². The topological polar surface area (TPSA) is 83.7 Å². The van der Waals surface area contributed by atoms with E-state index in [1.807, 2.05) is 24.3 Å². The van der Waals surface area contributed by atoms with Crippen LogP contribution in [0.15, 0.2) is 24.3 Å². The normalized spacial score (nSPS) is 19.1. The summed E-state index contributed by atoms with van der Waals surface area (Å²) in [6.07, 6.45) is 0.145. The van der Waals surface area contributed by atoms with Crippen molar-refractivity contribution in [2.75, 3.05) is 23.3 Å². The molecule has 1 fully saturated rings. The van der Waals surface area contributed by atoms with Gasteiger partial charge in [0, 0.05) is 30.2 Å². The number of benzene rings is 1. The van der Waals surface area contributed by atoms with E-state index in [0.29, 0.717) is 28.2 Å². The summed E-state index contributed by atoms with van der Waals surface area (Å²) in [7, 11) is 0. The summed E-state index contributed by atoms with van der Waals surface area (Å²) in [6, 6.07) is 7.77. The van der Waals surface area contributed by atoms with Gasteiger partial charge in [0.25, 0.3) is 5.91 Å². The molecule has 1 aromatic carbocycles. The number of ether oxygens (including phenoxy) is 2. The fourth-order valence-corrected chi connectivity index (χ4v) is 3.89. The van der Waals surface area contributed by atoms with Crippen LogP contribution in [0.5, 0.6) is 0 Å². The van der Waals surface area contributed by atoms with Crippen LogP contribution in [-0.2, 0) is 9.47 Å². The number of nitrogens with one attached hydrogen (secondary N) is 2. The highest BCUT2D eigenvalue weighted by Crippen LogP contribution is 2.24. The maximum atomic E-state index is 12.8. The zero-order valence-corrected chi connectivity index (χ0v) is 18.5. The summed E-state index contributed by atoms with van der Waals surface area (Å²) in [5, 5.41) is 2.90. The second kappa shape index (κ2) is 8.92. The first-order chi connectivity index (χ1) is 14.2. The minimum atomic E-state index is -0.423. The monoisotopic (exact) mass is 413 g/mol. The average Bonchev–Trinajstić information content (AvgIpc) is 2.95. The van der Waals surface area contributed by atoms with Crippen LogP contribution in [-0.4, -0.2) is 48.3 Å². The summed E-state index contributed by atoms with van der Waals surface area (Å²) >= 11 is 0. The molecule has 30 heavy (non-hydrogen) atoms. The number of hydrogen-bond donors (Lipinski definition) is 2. The molecular formula is C23H31N3O4. The molecule has 0 bridgehead atoms. The first kappa shape index (κ1) is 21.9. The molecule has 1 amide bonds. The van der Waals surface area contributed by atoms with Crippen molar-refractivity contribution in [3.05, 3.63) is 46.8 Å². The van der Waals surface area contributed by atoms with Crippen molar-refractivity contribution >= 4 is 23.3 Å². The highest BCUT2D eigenvalue weighted by Gasteiger charge is 2.24. The molecule has 1 aliphatic heterocycles. The molecule has 2 atom stereocenters. The molecule has 1 saturated heterocycles. The molecular weight excluding hydrogens is 382 g/mol. The van der Waals surface area contributed by atoms with Crippen molar-refractivity contribution in [1.29, 1.82) is 0 Å². The van der Waals surface area contributed by atoms with Gasteiger partial charge >= 0.3 is 5.97 Å². The van der Waals surface area contributed by atoms with E-state index in [0.717, 1.165) is 18.8 Å². The number of rotatable bonds is 5. The number of carbonyl (C=O) groups is 2. The van der Waals surface area contributed by atoms with Crippen molar-refractivity contribution in [2.45, 2.75) is 59.9 Å². The van der Waals surface area contributed by atoms with E-state index in [2.05, 4.69) is 29.0 Å². The van der Waals surface area contributed by atoms with Crippen molar-refractivity contribution in [3.8, 4) is 0 Å². The Morgan fingerprint density at radius 1 is 1.13 bits per heavy atom. The maximum absolute atomic E-state index is 12.8. The van der Waals surface area contributed by atoms with E-state index in [4.69, 9.17) is 9.47 Å². The molecule has 0 saturated carbocycles. The van der Waals surface area contributed by atoms with Gasteiger partial charge in [-0.15, -0.1) is 0 Å². The average molecular weight is 414 g/mol. The van der Waals surface area contributed by atoms with E-state index < -0.39 is 5.97 Å². The molecule has 7 nitrogen and oxygen atoms in total. The van der Waals surface area contributed by atoms with Crippen LogP contribution in [0.3, 0.4) is 0 Å². The molecule has 0 radical (unpaired) electrons. The predicted molar refractivity (Wildman–Crippen MR) is 117 cm³/mol. The van der Waals surface area contributed by atoms with E-state index in [1.54, 1.807) is 27.7 Å². The number of aromatic nitrogens is 1. The number of carbonyl (C=O) groups excluding carboxylic acids is 2. The van der Waals surface area contributed by atoms with Gasteiger partial charge in [0.2, 0.25) is 0 Å². The minimum absolute atomic E-state index is 0.184. The summed E-state index contributed by atoms with van der Waals surface area (Å²) in [4.78, 5) is 30.4. The number of morpholine rings is 1. The molecule has 2 unspecified atom stereocenters. The van der Waals surface area contributed by atoms with E-state index >= 15 is 0 Å². The van der Waals surface area contributed by atoms with Crippen LogP contribution in [0.4, 0.5) is 11.4 Å². The minimum Gasteiger partial charge on any atom is -0.459 e. The van der Waals surface area contributed by atoms with Gasteiger partial charge in [-0.2, -0.15) is 0 Å². The Balaban J connectivity index is 1.71. The molecule has 3 rings (SSSR count). The molecule has 2 N–H and O–H groups in total. The second-order valence-corrected chi connectivity index (χ2v) is 8.24. The van der Waals surface area contributed by atoms with Crippen LogP contribution in [0.1, 0.15) is 59.8 Å². The summed E-state index contributed by atoms with van der Waals surface area (Å²) in [5.74, 6) is -0.714. The zero-order chi connectivity index (χ0) is 22.0. The predicted octanol–water partition coefficient (Wildman–Crippen LogP) is 4.06. The number of nitrogens with zero attached hydrogens (tertiary/aromatic N) is 1. The van der Waals surface area contributed by atoms with Crippen LogP contribution in [0, 0.1) is 13.8 Å². The summed E-state index contributed by atoms with van der Waals surface area (Å²) < 4.78 is 11.1. The van der Waals surface area contributed by atoms with Gasteiger partial charge in [-0.3, -0.25) is 4.79 Å². The van der Waals surface area contributed by atoms with Gasteiger partial charge in [0.1, 0.15) is 5.69 Å². The molecule has 1 aromatic heterocycles. The Kier molecular flexibility index (Phi) is 6.51. The highest BCUT2D eigenvalue weighted by molar-refractivity contribution is 6.06. The number of amides is 1. The first-order valence-corrected chi connectivity index (χ1v) is 10.4. The Labute approximate surface area is 177 Å². The second-order valence-electron chi connectivity index (χ2n) is 8.24. The van der Waals surface area contributed by atoms with Gasteiger partial charge in [-0.1, -0.05) is 0 Å². The lowest BCUT2D eigenvalue weighted by atomic mass is 10.1. The smallest absolute Gasteiger partial charge is 0.340 e. The molecule has 7 heteroatoms. The van der Waals surface area contributed by atoms with E-state index in [-0.39, 0.29) is 24.2 Å². The number of aromatic amines is 1. The van der Waals surface area contributed by atoms with Crippen molar-refractivity contribution in [1.82, 2.24) is 4.98 Å². The van der Waals surface area contributed by atoms with Crippen molar-refractivity contribution in [2.24, 2.45) is 0 Å². The highest BCUT2D eigenvalue weighted by atomic mass is 16.5. The van der Waals surface area contributed by atoms with E-state index in [9.17, 15) is 9.59 Å². The first-order valence-electron chi connectivity index (χ1n) is 10.4. The quantitative estimate of drug-likeness (QED) is 0.722. The number of aryl methyl sites for hydroxylation is 1. The maximum Gasteiger partial charge on any atom is 0.340 e. The molecule has 2 heterocycles. The van der Waals surface area contributed by atoms with E-state index in [1.165, 1.54) is 0 Å². The Morgan fingerprint density at radius 3 is 2.30 bits per heavy atom. The Morgan fingerprint density at radius 2 is 1.73 bits per heavy atom. The number of anilines is 2. The fourth-order valence-electron chi connectivity index (χ4n) is 3.89. The largest absolute Gasteiger partial charge is 0.459 e. The third kappa shape index (κ3) is 4.84. The van der Waals surface area contributed by atoms with Crippen molar-refractivity contribution < 1.29 is 19.1 Å². The van der Waals surface area contributed by atoms with Gasteiger partial charge in [0.15, 0.2) is 0 Å². The Bertz CT molecular complexity index is 907. The molecule has 0 aliphatic carbocycles. The number of H-pyrrole nitrogens is 1. The van der Waals surface area contributed by atoms with Gasteiger partial charge in [0.05, 0.1) is 23.9 Å². The van der Waals surface area contributed by atoms with Crippen LogP contribution >= 0.6 is 0 Å². The lowest BCUT2D eigenvalue weighted by Gasteiger charge is -2.36. The lowest BCUT2D eigenvalue weighted by Crippen LogP contribution is -2.45. The van der Waals surface area contributed by atoms with Crippen LogP contribution in [0.2, 0.25) is 0 Å². The Hall–Kier alpha value is -2.80. The van der Waals surface area contributed by atoms with Gasteiger partial charge in [-0.25, -0.2) is 4.79 Å². The molecule has 0 spiro atoms. The van der Waals surface area contributed by atoms with Gasteiger partial charge < -0.3 is 24.7 Å². The number of esters is 1.